The van der Waals surface area contributed by atoms with Crippen LogP contribution in [0.5, 0.6) is 0 Å². The molecule has 6 N–H and O–H groups in total. The molecule has 0 spiro atoms. The van der Waals surface area contributed by atoms with Crippen molar-refractivity contribution >= 4 is 18.8 Å². The average molecular weight is 339 g/mol. The van der Waals surface area contributed by atoms with Gasteiger partial charge in [0.05, 0.1) is 6.04 Å². The number of carboxylic acid groups (broad SMARTS) is 1. The van der Waals surface area contributed by atoms with Crippen molar-refractivity contribution in [1.29, 1.82) is 0 Å². The van der Waals surface area contributed by atoms with E-state index in [1.165, 1.54) is 0 Å². The summed E-state index contributed by atoms with van der Waals surface area (Å²) in [4.78, 5) is 23.9. The highest BCUT2D eigenvalue weighted by atomic mass is 16.4. The van der Waals surface area contributed by atoms with Crippen molar-refractivity contribution < 1.29 is 19.7 Å². The Bertz CT molecular complexity index is 443. The van der Waals surface area contributed by atoms with Crippen molar-refractivity contribution in [1.82, 2.24) is 10.6 Å². The standard InChI is InChI=1S/C16H30BN3O4/c1-17(24)8-4-7-11-12(9-19-14(11)16(22)23)20-15(21)13(18)10-5-2-3-6-10/h10-14,19,24H,2-9,18H2,1H3,(H,20,21)(H,22,23). The van der Waals surface area contributed by atoms with E-state index in [2.05, 4.69) is 10.6 Å². The maximum Gasteiger partial charge on any atom is 0.321 e. The molecule has 7 nitrogen and oxygen atoms in total. The molecule has 1 aliphatic carbocycles. The Kier molecular flexibility index (Phi) is 7.07. The molecule has 2 aliphatic rings. The minimum absolute atomic E-state index is 0.166. The molecule has 8 heteroatoms. The zero-order valence-electron chi connectivity index (χ0n) is 14.4. The lowest BCUT2D eigenvalue weighted by atomic mass is 9.66. The third kappa shape index (κ3) is 4.94. The summed E-state index contributed by atoms with van der Waals surface area (Å²) in [5.41, 5.74) is 6.10. The second-order valence-electron chi connectivity index (χ2n) is 7.35. The minimum Gasteiger partial charge on any atom is -0.480 e. The molecule has 2 rings (SSSR count). The van der Waals surface area contributed by atoms with Gasteiger partial charge in [0.25, 0.3) is 6.92 Å². The zero-order valence-corrected chi connectivity index (χ0v) is 14.4. The SMILES string of the molecule is CB(O)CCCC1C(NC(=O)C(N)C2CCCC2)CNC1C(=O)O. The molecule has 1 saturated heterocycles. The van der Waals surface area contributed by atoms with Crippen LogP contribution in [-0.4, -0.2) is 53.6 Å². The van der Waals surface area contributed by atoms with Crippen LogP contribution in [0.3, 0.4) is 0 Å². The highest BCUT2D eigenvalue weighted by molar-refractivity contribution is 6.48. The number of aliphatic carboxylic acids is 1. The van der Waals surface area contributed by atoms with Gasteiger partial charge in [-0.25, -0.2) is 0 Å². The first-order valence-electron chi connectivity index (χ1n) is 9.10. The predicted octanol–water partition coefficient (Wildman–Crippen LogP) is 0.0551. The molecule has 136 valence electrons. The van der Waals surface area contributed by atoms with E-state index >= 15 is 0 Å². The molecule has 0 aromatic heterocycles. The van der Waals surface area contributed by atoms with Gasteiger partial charge in [0, 0.05) is 18.5 Å². The number of hydrogen-bond donors (Lipinski definition) is 5. The Morgan fingerprint density at radius 1 is 1.38 bits per heavy atom. The molecule has 1 heterocycles. The minimum atomic E-state index is -0.895. The first kappa shape index (κ1) is 19.2. The number of nitrogens with one attached hydrogen (secondary N) is 2. The van der Waals surface area contributed by atoms with Gasteiger partial charge in [-0.2, -0.15) is 0 Å². The fourth-order valence-corrected chi connectivity index (χ4v) is 4.04. The summed E-state index contributed by atoms with van der Waals surface area (Å²) in [6.07, 6.45) is 6.25. The molecular weight excluding hydrogens is 309 g/mol. The highest BCUT2D eigenvalue weighted by Crippen LogP contribution is 2.28. The van der Waals surface area contributed by atoms with Crippen molar-refractivity contribution in [2.45, 2.75) is 69.8 Å². The summed E-state index contributed by atoms with van der Waals surface area (Å²) in [5, 5.41) is 24.7. The van der Waals surface area contributed by atoms with Crippen molar-refractivity contribution in [2.24, 2.45) is 17.6 Å². The lowest BCUT2D eigenvalue weighted by Crippen LogP contribution is -2.51. The lowest BCUT2D eigenvalue weighted by Gasteiger charge is -2.26. The van der Waals surface area contributed by atoms with Crippen molar-refractivity contribution in [3.8, 4) is 0 Å². The monoisotopic (exact) mass is 339 g/mol. The molecule has 0 aromatic rings. The second kappa shape index (κ2) is 8.83. The summed E-state index contributed by atoms with van der Waals surface area (Å²) < 4.78 is 0. The summed E-state index contributed by atoms with van der Waals surface area (Å²) in [5.74, 6) is -1.00. The third-order valence-corrected chi connectivity index (χ3v) is 5.47. The van der Waals surface area contributed by atoms with Crippen molar-refractivity contribution in [3.05, 3.63) is 0 Å². The van der Waals surface area contributed by atoms with Gasteiger partial charge >= 0.3 is 5.97 Å². The lowest BCUT2D eigenvalue weighted by molar-refractivity contribution is -0.140. The van der Waals surface area contributed by atoms with E-state index in [9.17, 15) is 19.7 Å². The number of hydrogen-bond acceptors (Lipinski definition) is 5. The Morgan fingerprint density at radius 2 is 2.04 bits per heavy atom. The van der Waals surface area contributed by atoms with Crippen LogP contribution in [0, 0.1) is 11.8 Å². The van der Waals surface area contributed by atoms with Crippen LogP contribution in [0.25, 0.3) is 0 Å². The van der Waals surface area contributed by atoms with Gasteiger partial charge in [-0.15, -0.1) is 0 Å². The summed E-state index contributed by atoms with van der Waals surface area (Å²) in [7, 11) is 0. The Labute approximate surface area is 143 Å². The summed E-state index contributed by atoms with van der Waals surface area (Å²) in [6.45, 7) is 1.77. The number of rotatable bonds is 8. The maximum atomic E-state index is 12.4. The van der Waals surface area contributed by atoms with E-state index in [-0.39, 0.29) is 23.8 Å². The number of carbonyl (C=O) groups is 2. The highest BCUT2D eigenvalue weighted by Gasteiger charge is 2.41. The molecule has 4 atom stereocenters. The van der Waals surface area contributed by atoms with Crippen LogP contribution in [0.2, 0.25) is 13.1 Å². The Balaban J connectivity index is 1.92. The normalized spacial score (nSPS) is 28.7. The van der Waals surface area contributed by atoms with Crippen LogP contribution in [-0.2, 0) is 9.59 Å². The smallest absolute Gasteiger partial charge is 0.321 e. The molecule has 1 aliphatic heterocycles. The Morgan fingerprint density at radius 3 is 2.62 bits per heavy atom. The molecule has 1 saturated carbocycles. The van der Waals surface area contributed by atoms with E-state index in [0.29, 0.717) is 19.3 Å². The number of amides is 1. The quantitative estimate of drug-likeness (QED) is 0.398. The molecular formula is C16H30BN3O4. The van der Waals surface area contributed by atoms with Gasteiger partial charge in [-0.3, -0.25) is 9.59 Å². The summed E-state index contributed by atoms with van der Waals surface area (Å²) >= 11 is 0. The van der Waals surface area contributed by atoms with Gasteiger partial charge in [-0.05, 0) is 31.5 Å². The largest absolute Gasteiger partial charge is 0.480 e. The van der Waals surface area contributed by atoms with Gasteiger partial charge in [0.2, 0.25) is 5.91 Å². The average Bonchev–Trinajstić information content (AvgIpc) is 3.16. The van der Waals surface area contributed by atoms with Crippen LogP contribution < -0.4 is 16.4 Å². The predicted molar refractivity (Wildman–Crippen MR) is 92.7 cm³/mol. The first-order valence-corrected chi connectivity index (χ1v) is 9.10. The third-order valence-electron chi connectivity index (χ3n) is 5.47. The van der Waals surface area contributed by atoms with E-state index < -0.39 is 25.0 Å². The first-order chi connectivity index (χ1) is 11.4. The molecule has 1 amide bonds. The summed E-state index contributed by atoms with van der Waals surface area (Å²) in [6, 6.07) is -1.39. The van der Waals surface area contributed by atoms with E-state index in [1.807, 2.05) is 0 Å². The molecule has 2 fully saturated rings. The second-order valence-corrected chi connectivity index (χ2v) is 7.35. The van der Waals surface area contributed by atoms with Crippen molar-refractivity contribution in [2.75, 3.05) is 6.54 Å². The van der Waals surface area contributed by atoms with Crippen LogP contribution in [0.1, 0.15) is 38.5 Å². The number of nitrogens with two attached hydrogens (primary N) is 1. The van der Waals surface area contributed by atoms with Gasteiger partial charge in [0.15, 0.2) is 0 Å². The number of carbonyl (C=O) groups excluding carboxylic acids is 1. The zero-order chi connectivity index (χ0) is 17.7. The molecule has 0 radical (unpaired) electrons. The van der Waals surface area contributed by atoms with E-state index in [0.717, 1.165) is 32.1 Å². The maximum absolute atomic E-state index is 12.4. The van der Waals surface area contributed by atoms with E-state index in [4.69, 9.17) is 5.73 Å². The Hall–Kier alpha value is -1.12. The fraction of sp³-hybridized carbons (Fsp3) is 0.875. The van der Waals surface area contributed by atoms with Crippen LogP contribution in [0.15, 0.2) is 0 Å². The molecule has 24 heavy (non-hydrogen) atoms. The fourth-order valence-electron chi connectivity index (χ4n) is 4.04. The van der Waals surface area contributed by atoms with Crippen LogP contribution >= 0.6 is 0 Å². The molecule has 0 aromatic carbocycles. The van der Waals surface area contributed by atoms with Gasteiger partial charge in [-0.1, -0.05) is 26.1 Å². The topological polar surface area (TPSA) is 125 Å². The van der Waals surface area contributed by atoms with Crippen molar-refractivity contribution in [3.63, 3.8) is 0 Å². The van der Waals surface area contributed by atoms with E-state index in [1.54, 1.807) is 6.82 Å². The van der Waals surface area contributed by atoms with Gasteiger partial charge < -0.3 is 26.5 Å². The number of carboxylic acids is 1. The molecule has 4 unspecified atom stereocenters. The molecule has 0 bridgehead atoms. The van der Waals surface area contributed by atoms with Gasteiger partial charge in [0.1, 0.15) is 6.04 Å². The van der Waals surface area contributed by atoms with Crippen LogP contribution in [0.4, 0.5) is 0 Å².